The molecule has 0 aliphatic heterocycles. The van der Waals surface area contributed by atoms with Crippen LogP contribution in [0.5, 0.6) is 0 Å². The molecule has 0 saturated heterocycles. The molecule has 108 valence electrons. The van der Waals surface area contributed by atoms with Crippen LogP contribution in [0.25, 0.3) is 0 Å². The molecule has 19 heavy (non-hydrogen) atoms. The second-order valence-electron chi connectivity index (χ2n) is 5.43. The maximum absolute atomic E-state index is 9.95. The molecule has 3 N–H and O–H groups in total. The smallest absolute Gasteiger partial charge is 0.0862 e. The van der Waals surface area contributed by atoms with E-state index >= 15 is 0 Å². The van der Waals surface area contributed by atoms with E-state index in [0.717, 1.165) is 25.7 Å². The van der Waals surface area contributed by atoms with E-state index < -0.39 is 6.10 Å². The van der Waals surface area contributed by atoms with Gasteiger partial charge in [-0.25, -0.2) is 0 Å². The van der Waals surface area contributed by atoms with Crippen LogP contribution >= 0.6 is 0 Å². The molecule has 0 bridgehead atoms. The normalized spacial score (nSPS) is 17.0. The maximum Gasteiger partial charge on any atom is 0.0862 e. The third-order valence-electron chi connectivity index (χ3n) is 3.24. The molecule has 0 aromatic carbocycles. The van der Waals surface area contributed by atoms with E-state index in [4.69, 9.17) is 10.5 Å². The number of aliphatic hydroxyl groups is 1. The molecule has 1 aromatic rings. The first-order valence-electron chi connectivity index (χ1n) is 6.86. The highest BCUT2D eigenvalue weighted by atomic mass is 16.5. The number of nitrogens with two attached hydrogens (primary N) is 1. The third-order valence-corrected chi connectivity index (χ3v) is 3.24. The number of rotatable bonds is 9. The molecule has 6 nitrogen and oxygen atoms in total. The molecule has 1 saturated carbocycles. The minimum atomic E-state index is -0.451. The van der Waals surface area contributed by atoms with Crippen molar-refractivity contribution in [1.82, 2.24) is 14.7 Å². The Hall–Kier alpha value is -1.11. The Morgan fingerprint density at radius 2 is 2.42 bits per heavy atom. The summed E-state index contributed by atoms with van der Waals surface area (Å²) in [4.78, 5) is 2.07. The Bertz CT molecular complexity index is 378. The summed E-state index contributed by atoms with van der Waals surface area (Å²) >= 11 is 0. The highest BCUT2D eigenvalue weighted by molar-refractivity contribution is 5.30. The van der Waals surface area contributed by atoms with E-state index in [9.17, 15) is 5.11 Å². The topological polar surface area (TPSA) is 76.5 Å². The lowest BCUT2D eigenvalue weighted by molar-refractivity contribution is 0.0722. The van der Waals surface area contributed by atoms with Crippen LogP contribution in [-0.4, -0.2) is 59.2 Å². The molecule has 0 amide bonds. The number of ether oxygens (including phenoxy) is 1. The summed E-state index contributed by atoms with van der Waals surface area (Å²) < 4.78 is 7.24. The summed E-state index contributed by atoms with van der Waals surface area (Å²) in [5.74, 6) is 0.807. The van der Waals surface area contributed by atoms with Gasteiger partial charge in [0.15, 0.2) is 0 Å². The van der Waals surface area contributed by atoms with Crippen molar-refractivity contribution < 1.29 is 9.84 Å². The van der Waals surface area contributed by atoms with Gasteiger partial charge in [-0.3, -0.25) is 4.68 Å². The van der Waals surface area contributed by atoms with Gasteiger partial charge in [0.05, 0.1) is 31.1 Å². The Labute approximate surface area is 114 Å². The van der Waals surface area contributed by atoms with Crippen molar-refractivity contribution >= 4 is 5.69 Å². The standard InChI is InChI=1S/C13H24N4O2/c1-16(4-5-19-10-11-2-3-11)8-13(18)9-17-7-12(14)6-15-17/h6-7,11,13,18H,2-5,8-10,14H2,1H3. The van der Waals surface area contributed by atoms with Gasteiger partial charge in [0.25, 0.3) is 0 Å². The minimum absolute atomic E-state index is 0.451. The van der Waals surface area contributed by atoms with Gasteiger partial charge >= 0.3 is 0 Å². The highest BCUT2D eigenvalue weighted by Gasteiger charge is 2.21. The minimum Gasteiger partial charge on any atom is -0.396 e. The summed E-state index contributed by atoms with van der Waals surface area (Å²) in [5.41, 5.74) is 6.19. The fraction of sp³-hybridized carbons (Fsp3) is 0.769. The number of likely N-dealkylation sites (N-methyl/N-ethyl adjacent to an activating group) is 1. The molecule has 1 aromatic heterocycles. The molecule has 2 rings (SSSR count). The van der Waals surface area contributed by atoms with E-state index in [1.54, 1.807) is 17.1 Å². The van der Waals surface area contributed by atoms with Crippen molar-refractivity contribution in [1.29, 1.82) is 0 Å². The second kappa shape index (κ2) is 6.88. The highest BCUT2D eigenvalue weighted by Crippen LogP contribution is 2.28. The molecule has 0 radical (unpaired) electrons. The first kappa shape index (κ1) is 14.3. The lowest BCUT2D eigenvalue weighted by Gasteiger charge is -2.20. The molecule has 1 heterocycles. The Morgan fingerprint density at radius 3 is 3.05 bits per heavy atom. The fourth-order valence-electron chi connectivity index (χ4n) is 1.96. The van der Waals surface area contributed by atoms with Crippen molar-refractivity contribution in [2.75, 3.05) is 39.1 Å². The van der Waals surface area contributed by atoms with Gasteiger partial charge in [-0.05, 0) is 25.8 Å². The number of nitrogens with zero attached hydrogens (tertiary/aromatic N) is 3. The van der Waals surface area contributed by atoms with Crippen LogP contribution in [0.4, 0.5) is 5.69 Å². The Balaban J connectivity index is 1.56. The van der Waals surface area contributed by atoms with Crippen LogP contribution in [-0.2, 0) is 11.3 Å². The average molecular weight is 268 g/mol. The Kier molecular flexibility index (Phi) is 5.18. The van der Waals surface area contributed by atoms with Crippen LogP contribution in [0, 0.1) is 5.92 Å². The number of anilines is 1. The van der Waals surface area contributed by atoms with E-state index in [2.05, 4.69) is 10.00 Å². The zero-order valence-electron chi connectivity index (χ0n) is 11.5. The number of hydrogen-bond acceptors (Lipinski definition) is 5. The molecule has 1 aliphatic carbocycles. The summed E-state index contributed by atoms with van der Waals surface area (Å²) in [6.07, 6.45) is 5.50. The van der Waals surface area contributed by atoms with Gasteiger partial charge in [-0.2, -0.15) is 5.10 Å². The Morgan fingerprint density at radius 1 is 1.63 bits per heavy atom. The van der Waals surface area contributed by atoms with Gasteiger partial charge < -0.3 is 20.5 Å². The average Bonchev–Trinajstić information content (AvgIpc) is 3.08. The SMILES string of the molecule is CN(CCOCC1CC1)CC(O)Cn1cc(N)cn1. The van der Waals surface area contributed by atoms with E-state index in [0.29, 0.717) is 18.8 Å². The summed E-state index contributed by atoms with van der Waals surface area (Å²) in [6.45, 7) is 3.53. The summed E-state index contributed by atoms with van der Waals surface area (Å²) in [6, 6.07) is 0. The van der Waals surface area contributed by atoms with Crippen LogP contribution < -0.4 is 5.73 Å². The zero-order chi connectivity index (χ0) is 13.7. The van der Waals surface area contributed by atoms with Crippen molar-refractivity contribution in [3.63, 3.8) is 0 Å². The maximum atomic E-state index is 9.95. The van der Waals surface area contributed by atoms with Crippen LogP contribution in [0.1, 0.15) is 12.8 Å². The third kappa shape index (κ3) is 5.59. The lowest BCUT2D eigenvalue weighted by atomic mass is 10.3. The largest absolute Gasteiger partial charge is 0.396 e. The monoisotopic (exact) mass is 268 g/mol. The first-order valence-corrected chi connectivity index (χ1v) is 6.86. The first-order chi connectivity index (χ1) is 9.13. The van der Waals surface area contributed by atoms with Gasteiger partial charge in [-0.15, -0.1) is 0 Å². The molecule has 1 unspecified atom stereocenters. The van der Waals surface area contributed by atoms with Crippen molar-refractivity contribution in [2.24, 2.45) is 5.92 Å². The van der Waals surface area contributed by atoms with Crippen LogP contribution in [0.3, 0.4) is 0 Å². The van der Waals surface area contributed by atoms with Gasteiger partial charge in [-0.1, -0.05) is 0 Å². The molecule has 6 heteroatoms. The number of nitrogen functional groups attached to an aromatic ring is 1. The van der Waals surface area contributed by atoms with Crippen LogP contribution in [0.2, 0.25) is 0 Å². The number of aliphatic hydroxyl groups excluding tert-OH is 1. The molecule has 0 spiro atoms. The van der Waals surface area contributed by atoms with E-state index in [1.807, 2.05) is 7.05 Å². The molecule has 1 aliphatic rings. The van der Waals surface area contributed by atoms with Gasteiger partial charge in [0.2, 0.25) is 0 Å². The lowest BCUT2D eigenvalue weighted by Crippen LogP contribution is -2.34. The van der Waals surface area contributed by atoms with Crippen molar-refractivity contribution in [3.05, 3.63) is 12.4 Å². The predicted molar refractivity (Wildman–Crippen MR) is 73.7 cm³/mol. The van der Waals surface area contributed by atoms with Gasteiger partial charge in [0, 0.05) is 25.9 Å². The molecule has 1 fully saturated rings. The van der Waals surface area contributed by atoms with Gasteiger partial charge in [0.1, 0.15) is 0 Å². The van der Waals surface area contributed by atoms with E-state index in [1.165, 1.54) is 12.8 Å². The number of hydrogen-bond donors (Lipinski definition) is 2. The quantitative estimate of drug-likeness (QED) is 0.625. The van der Waals surface area contributed by atoms with Crippen molar-refractivity contribution in [3.8, 4) is 0 Å². The summed E-state index contributed by atoms with van der Waals surface area (Å²) in [5, 5.41) is 14.0. The number of aromatic nitrogens is 2. The molecular weight excluding hydrogens is 244 g/mol. The fourth-order valence-corrected chi connectivity index (χ4v) is 1.96. The van der Waals surface area contributed by atoms with Crippen LogP contribution in [0.15, 0.2) is 12.4 Å². The van der Waals surface area contributed by atoms with Crippen molar-refractivity contribution in [2.45, 2.75) is 25.5 Å². The molecular formula is C13H24N4O2. The second-order valence-corrected chi connectivity index (χ2v) is 5.43. The van der Waals surface area contributed by atoms with E-state index in [-0.39, 0.29) is 0 Å². The molecule has 1 atom stereocenters. The zero-order valence-corrected chi connectivity index (χ0v) is 11.5. The summed E-state index contributed by atoms with van der Waals surface area (Å²) in [7, 11) is 1.99. The predicted octanol–water partition coefficient (Wildman–Crippen LogP) is 0.185.